The third-order valence-corrected chi connectivity index (χ3v) is 2.62. The van der Waals surface area contributed by atoms with Crippen molar-refractivity contribution in [3.63, 3.8) is 0 Å². The summed E-state index contributed by atoms with van der Waals surface area (Å²) in [6, 6.07) is 5.71. The molecule has 0 heterocycles. The average molecular weight is 264 g/mol. The molecule has 0 spiro atoms. The van der Waals surface area contributed by atoms with Crippen LogP contribution in [0.1, 0.15) is 24.0 Å². The molecule has 0 aliphatic carbocycles. The summed E-state index contributed by atoms with van der Waals surface area (Å²) < 4.78 is 10.1. The van der Waals surface area contributed by atoms with Crippen molar-refractivity contribution in [3.05, 3.63) is 35.4 Å². The highest BCUT2D eigenvalue weighted by atomic mass is 16.5. The van der Waals surface area contributed by atoms with E-state index in [-0.39, 0.29) is 12.6 Å². The van der Waals surface area contributed by atoms with E-state index in [9.17, 15) is 4.79 Å². The minimum Gasteiger partial charge on any atom is -0.493 e. The summed E-state index contributed by atoms with van der Waals surface area (Å²) in [5.41, 5.74) is 1.93. The Bertz CT molecular complexity index is 438. The van der Waals surface area contributed by atoms with Crippen molar-refractivity contribution < 1.29 is 19.4 Å². The molecule has 0 radical (unpaired) electrons. The summed E-state index contributed by atoms with van der Waals surface area (Å²) in [6.07, 6.45) is 4.67. The summed E-state index contributed by atoms with van der Waals surface area (Å²) in [7, 11) is 1.35. The van der Waals surface area contributed by atoms with Crippen LogP contribution in [-0.2, 0) is 9.53 Å². The second-order valence-corrected chi connectivity index (χ2v) is 4.16. The van der Waals surface area contributed by atoms with Crippen LogP contribution < -0.4 is 4.74 Å². The predicted molar refractivity (Wildman–Crippen MR) is 74.0 cm³/mol. The zero-order valence-electron chi connectivity index (χ0n) is 11.4. The molecule has 4 nitrogen and oxygen atoms in total. The topological polar surface area (TPSA) is 55.8 Å². The Morgan fingerprint density at radius 3 is 2.79 bits per heavy atom. The number of ether oxygens (including phenoxy) is 2. The van der Waals surface area contributed by atoms with Gasteiger partial charge in [0.05, 0.1) is 13.7 Å². The number of methoxy groups -OCH3 is 1. The number of aliphatic hydroxyl groups is 1. The van der Waals surface area contributed by atoms with Crippen LogP contribution in [0.3, 0.4) is 0 Å². The summed E-state index contributed by atoms with van der Waals surface area (Å²) in [5, 5.41) is 8.68. The van der Waals surface area contributed by atoms with Gasteiger partial charge in [-0.1, -0.05) is 6.07 Å². The number of rotatable bonds is 7. The fourth-order valence-corrected chi connectivity index (χ4v) is 1.57. The molecule has 19 heavy (non-hydrogen) atoms. The van der Waals surface area contributed by atoms with E-state index >= 15 is 0 Å². The molecular weight excluding hydrogens is 244 g/mol. The summed E-state index contributed by atoms with van der Waals surface area (Å²) in [6.45, 7) is 2.75. The van der Waals surface area contributed by atoms with Gasteiger partial charge in [-0.15, -0.1) is 0 Å². The number of esters is 1. The van der Waals surface area contributed by atoms with E-state index in [2.05, 4.69) is 4.74 Å². The summed E-state index contributed by atoms with van der Waals surface area (Å²) in [5.74, 6) is 0.454. The molecule has 0 aliphatic heterocycles. The van der Waals surface area contributed by atoms with Crippen molar-refractivity contribution in [1.29, 1.82) is 0 Å². The molecule has 0 unspecified atom stereocenters. The zero-order valence-corrected chi connectivity index (χ0v) is 11.4. The van der Waals surface area contributed by atoms with E-state index in [0.29, 0.717) is 6.61 Å². The Morgan fingerprint density at radius 2 is 2.16 bits per heavy atom. The third kappa shape index (κ3) is 5.57. The molecule has 4 heteroatoms. The number of aliphatic hydroxyl groups excluding tert-OH is 1. The second kappa shape index (κ2) is 8.32. The maximum atomic E-state index is 11.0. The Hall–Kier alpha value is -1.81. The Kier molecular flexibility index (Phi) is 6.68. The van der Waals surface area contributed by atoms with E-state index in [4.69, 9.17) is 9.84 Å². The lowest BCUT2D eigenvalue weighted by Gasteiger charge is -2.09. The second-order valence-electron chi connectivity index (χ2n) is 4.16. The minimum atomic E-state index is -0.373. The van der Waals surface area contributed by atoms with Crippen molar-refractivity contribution in [2.24, 2.45) is 0 Å². The highest BCUT2D eigenvalue weighted by Gasteiger charge is 2.00. The number of carbonyl (C=O) groups excluding carboxylic acids is 1. The van der Waals surface area contributed by atoms with Crippen molar-refractivity contribution in [2.75, 3.05) is 20.3 Å². The lowest BCUT2D eigenvalue weighted by atomic mass is 10.1. The minimum absolute atomic E-state index is 0.194. The van der Waals surface area contributed by atoms with Gasteiger partial charge in [0.1, 0.15) is 5.75 Å². The molecule has 0 atom stereocenters. The molecule has 0 saturated heterocycles. The van der Waals surface area contributed by atoms with E-state index < -0.39 is 0 Å². The van der Waals surface area contributed by atoms with E-state index in [1.54, 1.807) is 6.08 Å². The molecule has 0 aromatic heterocycles. The van der Waals surface area contributed by atoms with Crippen LogP contribution in [0.2, 0.25) is 0 Å². The monoisotopic (exact) mass is 264 g/mol. The normalized spacial score (nSPS) is 10.7. The summed E-state index contributed by atoms with van der Waals surface area (Å²) >= 11 is 0. The molecule has 0 bridgehead atoms. The van der Waals surface area contributed by atoms with E-state index in [1.807, 2.05) is 25.1 Å². The van der Waals surface area contributed by atoms with Gasteiger partial charge in [0.15, 0.2) is 0 Å². The Labute approximate surface area is 113 Å². The van der Waals surface area contributed by atoms with Crippen LogP contribution in [0.5, 0.6) is 5.75 Å². The van der Waals surface area contributed by atoms with Gasteiger partial charge in [0, 0.05) is 12.7 Å². The van der Waals surface area contributed by atoms with Crippen LogP contribution in [0, 0.1) is 6.92 Å². The van der Waals surface area contributed by atoms with Gasteiger partial charge >= 0.3 is 5.97 Å². The first-order valence-corrected chi connectivity index (χ1v) is 6.27. The maximum Gasteiger partial charge on any atom is 0.330 e. The number of unbranched alkanes of at least 4 members (excludes halogenated alkanes) is 1. The molecule has 0 saturated carbocycles. The first kappa shape index (κ1) is 15.2. The molecule has 1 aromatic rings. The van der Waals surface area contributed by atoms with Gasteiger partial charge in [0.2, 0.25) is 0 Å². The Morgan fingerprint density at radius 1 is 1.37 bits per heavy atom. The molecule has 1 aromatic carbocycles. The number of benzene rings is 1. The standard InChI is InChI=1S/C15H20O4/c1-12-11-13(6-8-15(17)18-2)5-7-14(12)19-10-4-3-9-16/h5-8,11,16H,3-4,9-10H2,1-2H3/b8-6+. The number of hydrogen-bond donors (Lipinski definition) is 1. The number of hydrogen-bond acceptors (Lipinski definition) is 4. The lowest BCUT2D eigenvalue weighted by Crippen LogP contribution is -2.00. The van der Waals surface area contributed by atoms with Crippen LogP contribution >= 0.6 is 0 Å². The van der Waals surface area contributed by atoms with Gasteiger partial charge < -0.3 is 14.6 Å². The molecule has 0 fully saturated rings. The fraction of sp³-hybridized carbons (Fsp3) is 0.400. The van der Waals surface area contributed by atoms with Crippen LogP contribution in [0.15, 0.2) is 24.3 Å². The van der Waals surface area contributed by atoms with Crippen LogP contribution in [-0.4, -0.2) is 31.4 Å². The van der Waals surface area contributed by atoms with Crippen LogP contribution in [0.4, 0.5) is 0 Å². The quantitative estimate of drug-likeness (QED) is 0.466. The van der Waals surface area contributed by atoms with E-state index in [1.165, 1.54) is 13.2 Å². The largest absolute Gasteiger partial charge is 0.493 e. The highest BCUT2D eigenvalue weighted by molar-refractivity contribution is 5.86. The molecule has 0 amide bonds. The lowest BCUT2D eigenvalue weighted by molar-refractivity contribution is -0.134. The van der Waals surface area contributed by atoms with Crippen molar-refractivity contribution in [3.8, 4) is 5.75 Å². The number of carbonyl (C=O) groups is 1. The first-order chi connectivity index (χ1) is 9.17. The van der Waals surface area contributed by atoms with Gasteiger partial charge in [0.25, 0.3) is 0 Å². The SMILES string of the molecule is COC(=O)/C=C/c1ccc(OCCCCO)c(C)c1. The average Bonchev–Trinajstić information content (AvgIpc) is 2.42. The Balaban J connectivity index is 2.59. The van der Waals surface area contributed by atoms with Gasteiger partial charge in [-0.2, -0.15) is 0 Å². The fourth-order valence-electron chi connectivity index (χ4n) is 1.57. The maximum absolute atomic E-state index is 11.0. The predicted octanol–water partition coefficient (Wildman–Crippen LogP) is 2.33. The van der Waals surface area contributed by atoms with Gasteiger partial charge in [-0.05, 0) is 49.1 Å². The molecule has 104 valence electrons. The van der Waals surface area contributed by atoms with Gasteiger partial charge in [-0.3, -0.25) is 0 Å². The van der Waals surface area contributed by atoms with Crippen molar-refractivity contribution in [1.82, 2.24) is 0 Å². The highest BCUT2D eigenvalue weighted by Crippen LogP contribution is 2.20. The smallest absolute Gasteiger partial charge is 0.330 e. The van der Waals surface area contributed by atoms with Crippen molar-refractivity contribution in [2.45, 2.75) is 19.8 Å². The molecule has 1 N–H and O–H groups in total. The van der Waals surface area contributed by atoms with Crippen LogP contribution in [0.25, 0.3) is 6.08 Å². The molecular formula is C15H20O4. The molecule has 0 aliphatic rings. The zero-order chi connectivity index (χ0) is 14.1. The summed E-state index contributed by atoms with van der Waals surface area (Å²) in [4.78, 5) is 11.0. The number of aryl methyl sites for hydroxylation is 1. The van der Waals surface area contributed by atoms with E-state index in [0.717, 1.165) is 29.7 Å². The molecule has 1 rings (SSSR count). The third-order valence-electron chi connectivity index (χ3n) is 2.62. The van der Waals surface area contributed by atoms with Gasteiger partial charge in [-0.25, -0.2) is 4.79 Å². The van der Waals surface area contributed by atoms with Crippen molar-refractivity contribution >= 4 is 12.0 Å². The first-order valence-electron chi connectivity index (χ1n) is 6.27.